The van der Waals surface area contributed by atoms with E-state index >= 15 is 0 Å². The van der Waals surface area contributed by atoms with Crippen LogP contribution in [0.25, 0.3) is 39.0 Å². The molecule has 0 saturated heterocycles. The quantitative estimate of drug-likeness (QED) is 0.334. The van der Waals surface area contributed by atoms with E-state index in [0.29, 0.717) is 16.1 Å². The fourth-order valence-corrected chi connectivity index (χ4v) is 5.11. The summed E-state index contributed by atoms with van der Waals surface area (Å²) < 4.78 is 10.0. The van der Waals surface area contributed by atoms with Crippen molar-refractivity contribution in [1.29, 1.82) is 0 Å². The second kappa shape index (κ2) is 8.85. The van der Waals surface area contributed by atoms with Gasteiger partial charge in [0.1, 0.15) is 11.4 Å². The number of nitrogens with zero attached hydrogens (tertiary/aromatic N) is 4. The summed E-state index contributed by atoms with van der Waals surface area (Å²) in [7, 11) is 0. The molecule has 35 heavy (non-hydrogen) atoms. The van der Waals surface area contributed by atoms with Crippen LogP contribution in [0.3, 0.4) is 0 Å². The van der Waals surface area contributed by atoms with Gasteiger partial charge in [0.05, 0.1) is 27.9 Å². The maximum absolute atomic E-state index is 13.4. The lowest BCUT2D eigenvalue weighted by molar-refractivity contribution is 0.317. The Hall–Kier alpha value is -4.23. The molecule has 6 rings (SSSR count). The number of imidazole rings is 1. The third-order valence-corrected chi connectivity index (χ3v) is 6.74. The van der Waals surface area contributed by atoms with Gasteiger partial charge in [0.15, 0.2) is 4.96 Å². The number of aromatic nitrogens is 4. The molecule has 0 aliphatic carbocycles. The van der Waals surface area contributed by atoms with Gasteiger partial charge < -0.3 is 4.74 Å². The van der Waals surface area contributed by atoms with Gasteiger partial charge in [0, 0.05) is 17.3 Å². The third-order valence-electron chi connectivity index (χ3n) is 5.78. The van der Waals surface area contributed by atoms with Crippen LogP contribution >= 0.6 is 11.3 Å². The van der Waals surface area contributed by atoms with Crippen molar-refractivity contribution >= 4 is 33.4 Å². The molecule has 0 radical (unpaired) electrons. The normalized spacial score (nSPS) is 12.1. The molecule has 0 atom stereocenters. The first kappa shape index (κ1) is 21.3. The topological polar surface area (TPSA) is 61.4 Å². The third kappa shape index (κ3) is 3.90. The van der Waals surface area contributed by atoms with E-state index in [1.807, 2.05) is 95.8 Å². The minimum Gasteiger partial charge on any atom is -0.494 e. The summed E-state index contributed by atoms with van der Waals surface area (Å²) in [4.78, 5) is 18.7. The first-order valence-electron chi connectivity index (χ1n) is 11.5. The molecule has 7 heteroatoms. The lowest BCUT2D eigenvalue weighted by atomic mass is 10.1. The Kier molecular flexibility index (Phi) is 5.39. The van der Waals surface area contributed by atoms with Gasteiger partial charge in [-0.3, -0.25) is 4.79 Å². The first-order chi connectivity index (χ1) is 17.2. The van der Waals surface area contributed by atoms with Crippen molar-refractivity contribution in [1.82, 2.24) is 19.2 Å². The summed E-state index contributed by atoms with van der Waals surface area (Å²) in [5.41, 5.74) is 5.09. The van der Waals surface area contributed by atoms with Gasteiger partial charge >= 0.3 is 0 Å². The Bertz CT molecular complexity index is 1770. The van der Waals surface area contributed by atoms with Crippen molar-refractivity contribution in [3.05, 3.63) is 106 Å². The molecule has 0 aliphatic rings. The fraction of sp³-hybridized carbons (Fsp3) is 0.107. The van der Waals surface area contributed by atoms with E-state index in [9.17, 15) is 4.79 Å². The zero-order valence-electron chi connectivity index (χ0n) is 19.1. The molecule has 0 spiro atoms. The number of thiazole rings is 1. The van der Waals surface area contributed by atoms with Gasteiger partial charge in [0.25, 0.3) is 5.56 Å². The predicted octanol–water partition coefficient (Wildman–Crippen LogP) is 5.10. The van der Waals surface area contributed by atoms with Crippen LogP contribution in [-0.2, 0) is 0 Å². The molecule has 172 valence electrons. The number of hydrogen-bond donors (Lipinski definition) is 0. The largest absolute Gasteiger partial charge is 0.494 e. The van der Waals surface area contributed by atoms with Crippen LogP contribution in [0.4, 0.5) is 0 Å². The van der Waals surface area contributed by atoms with Crippen LogP contribution < -0.4 is 14.8 Å². The zero-order valence-corrected chi connectivity index (χ0v) is 19.9. The molecule has 0 fully saturated rings. The molecule has 3 aromatic carbocycles. The molecule has 6 nitrogen and oxygen atoms in total. The van der Waals surface area contributed by atoms with E-state index in [0.717, 1.165) is 45.7 Å². The minimum absolute atomic E-state index is 0.0721. The molecule has 0 unspecified atom stereocenters. The average molecular weight is 479 g/mol. The number of fused-ring (bicyclic) bond motifs is 3. The predicted molar refractivity (Wildman–Crippen MR) is 140 cm³/mol. The van der Waals surface area contributed by atoms with E-state index in [2.05, 4.69) is 11.9 Å². The monoisotopic (exact) mass is 478 g/mol. The Morgan fingerprint density at radius 3 is 2.69 bits per heavy atom. The summed E-state index contributed by atoms with van der Waals surface area (Å²) in [6.45, 7) is 2.74. The SMILES string of the molecule is CCCOc1cccc(-c2nn(-c3ccccc3)cc2/C=c2\sc3nc4ccccc4n3c2=O)c1. The summed E-state index contributed by atoms with van der Waals surface area (Å²) in [6.07, 6.45) is 4.81. The molecule has 0 amide bonds. The van der Waals surface area contributed by atoms with Crippen molar-refractivity contribution in [2.45, 2.75) is 13.3 Å². The highest BCUT2D eigenvalue weighted by Crippen LogP contribution is 2.28. The van der Waals surface area contributed by atoms with Gasteiger partial charge in [-0.05, 0) is 48.9 Å². The van der Waals surface area contributed by atoms with E-state index < -0.39 is 0 Å². The second-order valence-corrected chi connectivity index (χ2v) is 9.23. The highest BCUT2D eigenvalue weighted by atomic mass is 32.1. The molecule has 3 heterocycles. The highest BCUT2D eigenvalue weighted by molar-refractivity contribution is 7.15. The summed E-state index contributed by atoms with van der Waals surface area (Å²) in [6, 6.07) is 25.6. The second-order valence-electron chi connectivity index (χ2n) is 8.22. The van der Waals surface area contributed by atoms with Crippen molar-refractivity contribution < 1.29 is 4.74 Å². The molecule has 0 bridgehead atoms. The first-order valence-corrected chi connectivity index (χ1v) is 12.3. The molecule has 0 aliphatic heterocycles. The molecule has 6 aromatic rings. The number of ether oxygens (including phenoxy) is 1. The Balaban J connectivity index is 1.53. The van der Waals surface area contributed by atoms with Gasteiger partial charge in [-0.25, -0.2) is 14.1 Å². The van der Waals surface area contributed by atoms with Crippen LogP contribution in [0.2, 0.25) is 0 Å². The number of benzene rings is 3. The number of hydrogen-bond acceptors (Lipinski definition) is 5. The summed E-state index contributed by atoms with van der Waals surface area (Å²) >= 11 is 1.39. The molecule has 3 aromatic heterocycles. The van der Waals surface area contributed by atoms with Crippen molar-refractivity contribution in [3.63, 3.8) is 0 Å². The van der Waals surface area contributed by atoms with E-state index in [1.54, 1.807) is 4.40 Å². The Labute approximate surface area is 205 Å². The Morgan fingerprint density at radius 1 is 1.00 bits per heavy atom. The lowest BCUT2D eigenvalue weighted by Gasteiger charge is -2.06. The number of rotatable bonds is 6. The van der Waals surface area contributed by atoms with E-state index in [4.69, 9.17) is 9.84 Å². The summed E-state index contributed by atoms with van der Waals surface area (Å²) in [5, 5.41) is 4.90. The molecular formula is C28H22N4O2S. The van der Waals surface area contributed by atoms with Crippen molar-refractivity contribution in [2.24, 2.45) is 0 Å². The van der Waals surface area contributed by atoms with Crippen LogP contribution in [0.15, 0.2) is 89.9 Å². The lowest BCUT2D eigenvalue weighted by Crippen LogP contribution is -2.22. The molecule has 0 saturated carbocycles. The summed E-state index contributed by atoms with van der Waals surface area (Å²) in [5.74, 6) is 0.801. The van der Waals surface area contributed by atoms with Crippen LogP contribution in [0, 0.1) is 0 Å². The maximum atomic E-state index is 13.4. The average Bonchev–Trinajstić information content (AvgIpc) is 3.57. The smallest absolute Gasteiger partial charge is 0.274 e. The molecule has 0 N–H and O–H groups in total. The van der Waals surface area contributed by atoms with E-state index in [-0.39, 0.29) is 5.56 Å². The standard InChI is InChI=1S/C28H22N4O2S/c1-2-15-34-22-12-8-9-19(16-22)26-20(18-31(30-26)21-10-4-3-5-11-21)17-25-27(33)32-24-14-7-6-13-23(24)29-28(32)35-25/h3-14,16-18H,2,15H2,1H3/b25-17-. The number of para-hydroxylation sites is 3. The van der Waals surface area contributed by atoms with Crippen LogP contribution in [0.1, 0.15) is 18.9 Å². The van der Waals surface area contributed by atoms with E-state index in [1.165, 1.54) is 11.3 Å². The van der Waals surface area contributed by atoms with Crippen molar-refractivity contribution in [2.75, 3.05) is 6.61 Å². The molecular weight excluding hydrogens is 456 g/mol. The maximum Gasteiger partial charge on any atom is 0.274 e. The van der Waals surface area contributed by atoms with Gasteiger partial charge in [-0.1, -0.05) is 60.7 Å². The van der Waals surface area contributed by atoms with Crippen molar-refractivity contribution in [3.8, 4) is 22.7 Å². The highest BCUT2D eigenvalue weighted by Gasteiger charge is 2.15. The van der Waals surface area contributed by atoms with Gasteiger partial charge in [-0.15, -0.1) is 0 Å². The van der Waals surface area contributed by atoms with Gasteiger partial charge in [-0.2, -0.15) is 5.10 Å². The van der Waals surface area contributed by atoms with Gasteiger partial charge in [0.2, 0.25) is 0 Å². The zero-order chi connectivity index (χ0) is 23.8. The Morgan fingerprint density at radius 2 is 1.83 bits per heavy atom. The minimum atomic E-state index is -0.0721. The fourth-order valence-electron chi connectivity index (χ4n) is 4.14. The van der Waals surface area contributed by atoms with Crippen LogP contribution in [-0.4, -0.2) is 25.8 Å². The van der Waals surface area contributed by atoms with Crippen LogP contribution in [0.5, 0.6) is 5.75 Å².